The number of hydrogen-bond acceptors (Lipinski definition) is 4. The lowest BCUT2D eigenvalue weighted by atomic mass is 9.79. The normalized spacial score (nSPS) is 23.9. The summed E-state index contributed by atoms with van der Waals surface area (Å²) in [4.78, 5) is 14.2. The quantitative estimate of drug-likeness (QED) is 0.746. The average Bonchev–Trinajstić information content (AvgIpc) is 2.55. The lowest BCUT2D eigenvalue weighted by Gasteiger charge is -2.29. The summed E-state index contributed by atoms with van der Waals surface area (Å²) in [5, 5.41) is 12.9. The zero-order valence-electron chi connectivity index (χ0n) is 13.9. The molecule has 2 fully saturated rings. The van der Waals surface area contributed by atoms with Crippen LogP contribution < -0.4 is 5.32 Å². The third-order valence-electron chi connectivity index (χ3n) is 5.07. The highest BCUT2D eigenvalue weighted by atomic mass is 16.5. The molecule has 1 aliphatic carbocycles. The number of carbonyl (C=O) groups is 1. The van der Waals surface area contributed by atoms with Crippen LogP contribution in [0, 0.1) is 11.8 Å². The highest BCUT2D eigenvalue weighted by Gasteiger charge is 2.22. The number of β-amino-alcohol motifs (C(OH)–C–C–N with tert-alkyl or cyclic N) is 1. The van der Waals surface area contributed by atoms with Gasteiger partial charge < -0.3 is 15.2 Å². The fraction of sp³-hybridized carbons (Fsp3) is 0.941. The zero-order chi connectivity index (χ0) is 15.8. The second-order valence-corrected chi connectivity index (χ2v) is 6.95. The van der Waals surface area contributed by atoms with Crippen molar-refractivity contribution in [3.8, 4) is 0 Å². The van der Waals surface area contributed by atoms with Crippen LogP contribution >= 0.6 is 0 Å². The van der Waals surface area contributed by atoms with Crippen LogP contribution in [0.1, 0.15) is 45.4 Å². The maximum Gasteiger partial charge on any atom is 0.220 e. The monoisotopic (exact) mass is 312 g/mol. The van der Waals surface area contributed by atoms with Crippen LogP contribution in [0.3, 0.4) is 0 Å². The highest BCUT2D eigenvalue weighted by Crippen LogP contribution is 2.31. The molecule has 0 bridgehead atoms. The number of aliphatic hydroxyl groups excluding tert-OH is 1. The van der Waals surface area contributed by atoms with Crippen molar-refractivity contribution in [2.24, 2.45) is 11.8 Å². The van der Waals surface area contributed by atoms with Gasteiger partial charge in [0.1, 0.15) is 0 Å². The first-order valence-electron chi connectivity index (χ1n) is 8.90. The zero-order valence-corrected chi connectivity index (χ0v) is 13.9. The summed E-state index contributed by atoms with van der Waals surface area (Å²) in [7, 11) is 0. The summed E-state index contributed by atoms with van der Waals surface area (Å²) in [6.07, 6.45) is 6.62. The summed E-state index contributed by atoms with van der Waals surface area (Å²) in [5.74, 6) is 1.24. The van der Waals surface area contributed by atoms with E-state index in [0.717, 1.165) is 26.3 Å². The number of nitrogens with one attached hydrogen (secondary N) is 1. The molecule has 1 saturated heterocycles. The van der Waals surface area contributed by atoms with Gasteiger partial charge in [-0.25, -0.2) is 0 Å². The van der Waals surface area contributed by atoms with Gasteiger partial charge in [0.2, 0.25) is 5.91 Å². The topological polar surface area (TPSA) is 61.8 Å². The maximum absolute atomic E-state index is 12.0. The fourth-order valence-electron chi connectivity index (χ4n) is 3.61. The molecule has 2 unspecified atom stereocenters. The number of amides is 1. The predicted molar refractivity (Wildman–Crippen MR) is 86.6 cm³/mol. The van der Waals surface area contributed by atoms with Crippen LogP contribution in [-0.4, -0.2) is 61.4 Å². The van der Waals surface area contributed by atoms with Crippen LogP contribution in [0.4, 0.5) is 0 Å². The van der Waals surface area contributed by atoms with E-state index in [9.17, 15) is 9.90 Å². The van der Waals surface area contributed by atoms with E-state index in [4.69, 9.17) is 4.74 Å². The van der Waals surface area contributed by atoms with Crippen LogP contribution in [0.2, 0.25) is 0 Å². The number of hydrogen-bond donors (Lipinski definition) is 2. The number of carbonyl (C=O) groups excluding carboxylic acids is 1. The van der Waals surface area contributed by atoms with Gasteiger partial charge in [0.15, 0.2) is 0 Å². The van der Waals surface area contributed by atoms with Gasteiger partial charge in [-0.3, -0.25) is 9.69 Å². The third kappa shape index (κ3) is 6.23. The highest BCUT2D eigenvalue weighted by molar-refractivity contribution is 5.76. The SMILES string of the molecule is CC(CC(=O)NCC(O)CN1CCOCC1)C1CCCCC1. The Hall–Kier alpha value is -0.650. The largest absolute Gasteiger partial charge is 0.390 e. The van der Waals surface area contributed by atoms with E-state index < -0.39 is 6.10 Å². The van der Waals surface area contributed by atoms with Gasteiger partial charge in [-0.05, 0) is 11.8 Å². The molecule has 1 heterocycles. The number of ether oxygens (including phenoxy) is 1. The van der Waals surface area contributed by atoms with Crippen molar-refractivity contribution in [3.05, 3.63) is 0 Å². The summed E-state index contributed by atoms with van der Waals surface area (Å²) < 4.78 is 5.29. The molecule has 1 saturated carbocycles. The van der Waals surface area contributed by atoms with Crippen molar-refractivity contribution in [1.82, 2.24) is 10.2 Å². The van der Waals surface area contributed by atoms with Crippen LogP contribution in [-0.2, 0) is 9.53 Å². The van der Waals surface area contributed by atoms with Crippen LogP contribution in [0.25, 0.3) is 0 Å². The Morgan fingerprint density at radius 2 is 1.95 bits per heavy atom. The molecular formula is C17H32N2O3. The second kappa shape index (κ2) is 9.48. The Morgan fingerprint density at radius 3 is 2.64 bits per heavy atom. The molecule has 5 nitrogen and oxygen atoms in total. The lowest BCUT2D eigenvalue weighted by molar-refractivity contribution is -0.123. The lowest BCUT2D eigenvalue weighted by Crippen LogP contribution is -2.44. The van der Waals surface area contributed by atoms with Crippen molar-refractivity contribution < 1.29 is 14.6 Å². The molecule has 0 radical (unpaired) electrons. The van der Waals surface area contributed by atoms with Crippen LogP contribution in [0.5, 0.6) is 0 Å². The summed E-state index contributed by atoms with van der Waals surface area (Å²) >= 11 is 0. The van der Waals surface area contributed by atoms with Crippen molar-refractivity contribution >= 4 is 5.91 Å². The molecule has 2 N–H and O–H groups in total. The van der Waals surface area contributed by atoms with E-state index in [1.807, 2.05) is 0 Å². The summed E-state index contributed by atoms with van der Waals surface area (Å²) in [6.45, 7) is 6.36. The molecule has 1 aliphatic heterocycles. The van der Waals surface area contributed by atoms with Crippen molar-refractivity contribution in [3.63, 3.8) is 0 Å². The van der Waals surface area contributed by atoms with Gasteiger partial charge in [0.25, 0.3) is 0 Å². The minimum absolute atomic E-state index is 0.0825. The number of rotatable bonds is 7. The number of nitrogens with zero attached hydrogens (tertiary/aromatic N) is 1. The maximum atomic E-state index is 12.0. The molecule has 1 amide bonds. The number of morpholine rings is 1. The predicted octanol–water partition coefficient (Wildman–Crippen LogP) is 1.40. The minimum Gasteiger partial charge on any atom is -0.390 e. The van der Waals surface area contributed by atoms with Crippen molar-refractivity contribution in [2.45, 2.75) is 51.6 Å². The van der Waals surface area contributed by atoms with E-state index in [-0.39, 0.29) is 5.91 Å². The van der Waals surface area contributed by atoms with E-state index >= 15 is 0 Å². The summed E-state index contributed by atoms with van der Waals surface area (Å²) in [6, 6.07) is 0. The van der Waals surface area contributed by atoms with Crippen LogP contribution in [0.15, 0.2) is 0 Å². The van der Waals surface area contributed by atoms with Gasteiger partial charge in [-0.1, -0.05) is 39.0 Å². The smallest absolute Gasteiger partial charge is 0.220 e. The first kappa shape index (κ1) is 17.7. The molecule has 2 atom stereocenters. The molecule has 2 aliphatic rings. The molecule has 2 rings (SSSR count). The Morgan fingerprint density at radius 1 is 1.27 bits per heavy atom. The molecule has 22 heavy (non-hydrogen) atoms. The average molecular weight is 312 g/mol. The van der Waals surface area contributed by atoms with Crippen molar-refractivity contribution in [1.29, 1.82) is 0 Å². The molecular weight excluding hydrogens is 280 g/mol. The van der Waals surface area contributed by atoms with Gasteiger partial charge in [-0.15, -0.1) is 0 Å². The third-order valence-corrected chi connectivity index (χ3v) is 5.07. The van der Waals surface area contributed by atoms with Gasteiger partial charge in [0.05, 0.1) is 19.3 Å². The van der Waals surface area contributed by atoms with E-state index in [1.54, 1.807) is 0 Å². The summed E-state index contributed by atoms with van der Waals surface area (Å²) in [5.41, 5.74) is 0. The first-order chi connectivity index (χ1) is 10.6. The van der Waals surface area contributed by atoms with Gasteiger partial charge >= 0.3 is 0 Å². The molecule has 0 spiro atoms. The molecule has 128 valence electrons. The molecule has 5 heteroatoms. The van der Waals surface area contributed by atoms with E-state index in [2.05, 4.69) is 17.1 Å². The standard InChI is InChI=1S/C17H32N2O3/c1-14(15-5-3-2-4-6-15)11-17(21)18-12-16(20)13-19-7-9-22-10-8-19/h14-16,20H,2-13H2,1H3,(H,18,21). The molecule has 0 aromatic heterocycles. The minimum atomic E-state index is -0.493. The Balaban J connectivity index is 1.59. The van der Waals surface area contributed by atoms with Crippen molar-refractivity contribution in [2.75, 3.05) is 39.4 Å². The van der Waals surface area contributed by atoms with Gasteiger partial charge in [0, 0.05) is 32.6 Å². The molecule has 0 aromatic carbocycles. The van der Waals surface area contributed by atoms with Gasteiger partial charge in [-0.2, -0.15) is 0 Å². The molecule has 0 aromatic rings. The van der Waals surface area contributed by atoms with E-state index in [1.165, 1.54) is 32.1 Å². The Labute approximate surface area is 134 Å². The first-order valence-corrected chi connectivity index (χ1v) is 8.90. The Kier molecular flexibility index (Phi) is 7.63. The second-order valence-electron chi connectivity index (χ2n) is 6.95. The van der Waals surface area contributed by atoms with E-state index in [0.29, 0.717) is 31.3 Å². The fourth-order valence-corrected chi connectivity index (χ4v) is 3.61. The number of aliphatic hydroxyl groups is 1. The Bertz CT molecular complexity index is 326.